The summed E-state index contributed by atoms with van der Waals surface area (Å²) in [4.78, 5) is 36.4. The fourth-order valence-corrected chi connectivity index (χ4v) is 2.61. The van der Waals surface area contributed by atoms with Crippen molar-refractivity contribution in [3.05, 3.63) is 23.8 Å². The molecule has 1 fully saturated rings. The highest BCUT2D eigenvalue weighted by Gasteiger charge is 2.21. The molecule has 0 bridgehead atoms. The number of hydrogen-bond acceptors (Lipinski definition) is 4. The molecular weight excluding hydrogens is 280 g/mol. The van der Waals surface area contributed by atoms with Crippen molar-refractivity contribution < 1.29 is 9.59 Å². The van der Waals surface area contributed by atoms with Crippen molar-refractivity contribution in [3.8, 4) is 0 Å². The van der Waals surface area contributed by atoms with E-state index in [0.29, 0.717) is 25.2 Å². The Morgan fingerprint density at radius 1 is 1.18 bits per heavy atom. The predicted molar refractivity (Wildman–Crippen MR) is 83.4 cm³/mol. The van der Waals surface area contributed by atoms with Gasteiger partial charge < -0.3 is 9.80 Å². The summed E-state index contributed by atoms with van der Waals surface area (Å²) in [5.41, 5.74) is 1.12. The van der Waals surface area contributed by atoms with Crippen LogP contribution in [0.5, 0.6) is 0 Å². The van der Waals surface area contributed by atoms with Crippen molar-refractivity contribution in [2.75, 3.05) is 26.2 Å². The SMILES string of the molecule is CCCN(CCC(=O)N1CCCC1)C(=O)c1cnc(C)cn1. The van der Waals surface area contributed by atoms with Crippen LogP contribution < -0.4 is 0 Å². The van der Waals surface area contributed by atoms with Crippen molar-refractivity contribution >= 4 is 11.8 Å². The molecule has 1 aliphatic heterocycles. The molecule has 6 heteroatoms. The molecule has 1 aromatic heterocycles. The molecule has 0 radical (unpaired) electrons. The number of aromatic nitrogens is 2. The smallest absolute Gasteiger partial charge is 0.274 e. The quantitative estimate of drug-likeness (QED) is 0.801. The lowest BCUT2D eigenvalue weighted by atomic mass is 10.2. The van der Waals surface area contributed by atoms with Crippen LogP contribution in [0.15, 0.2) is 12.4 Å². The van der Waals surface area contributed by atoms with Crippen molar-refractivity contribution in [1.82, 2.24) is 19.8 Å². The molecule has 2 rings (SSSR count). The summed E-state index contributed by atoms with van der Waals surface area (Å²) in [6, 6.07) is 0. The zero-order valence-electron chi connectivity index (χ0n) is 13.4. The lowest BCUT2D eigenvalue weighted by Gasteiger charge is -2.23. The molecule has 0 atom stereocenters. The van der Waals surface area contributed by atoms with E-state index in [-0.39, 0.29) is 11.8 Å². The summed E-state index contributed by atoms with van der Waals surface area (Å²) in [5.74, 6) is -0.00929. The number of carbonyl (C=O) groups excluding carboxylic acids is 2. The first-order valence-electron chi connectivity index (χ1n) is 7.97. The molecule has 1 saturated heterocycles. The Morgan fingerprint density at radius 2 is 1.91 bits per heavy atom. The Morgan fingerprint density at radius 3 is 2.50 bits per heavy atom. The molecule has 22 heavy (non-hydrogen) atoms. The van der Waals surface area contributed by atoms with Gasteiger partial charge in [-0.3, -0.25) is 14.6 Å². The summed E-state index contributed by atoms with van der Waals surface area (Å²) in [7, 11) is 0. The average molecular weight is 304 g/mol. The molecule has 1 aliphatic rings. The van der Waals surface area contributed by atoms with E-state index < -0.39 is 0 Å². The summed E-state index contributed by atoms with van der Waals surface area (Å²) in [6.45, 7) is 6.62. The zero-order chi connectivity index (χ0) is 15.9. The first kappa shape index (κ1) is 16.4. The molecule has 0 aromatic carbocycles. The van der Waals surface area contributed by atoms with Gasteiger partial charge in [0.25, 0.3) is 5.91 Å². The van der Waals surface area contributed by atoms with Crippen LogP contribution in [0.3, 0.4) is 0 Å². The Balaban J connectivity index is 1.94. The molecule has 0 aliphatic carbocycles. The number of aryl methyl sites for hydroxylation is 1. The van der Waals surface area contributed by atoms with Crippen molar-refractivity contribution in [3.63, 3.8) is 0 Å². The first-order chi connectivity index (χ1) is 10.6. The van der Waals surface area contributed by atoms with Gasteiger partial charge in [0.2, 0.25) is 5.91 Å². The third-order valence-electron chi connectivity index (χ3n) is 3.84. The van der Waals surface area contributed by atoms with Crippen LogP contribution >= 0.6 is 0 Å². The summed E-state index contributed by atoms with van der Waals surface area (Å²) >= 11 is 0. The minimum Gasteiger partial charge on any atom is -0.343 e. The van der Waals surface area contributed by atoms with Gasteiger partial charge in [-0.25, -0.2) is 4.98 Å². The van der Waals surface area contributed by atoms with E-state index in [2.05, 4.69) is 9.97 Å². The molecule has 2 amide bonds. The predicted octanol–water partition coefficient (Wildman–Crippen LogP) is 1.65. The fraction of sp³-hybridized carbons (Fsp3) is 0.625. The van der Waals surface area contributed by atoms with Gasteiger partial charge in [0.05, 0.1) is 11.9 Å². The Labute approximate surface area is 131 Å². The molecule has 0 unspecified atom stereocenters. The highest BCUT2D eigenvalue weighted by molar-refractivity contribution is 5.92. The van der Waals surface area contributed by atoms with Crippen LogP contribution in [-0.4, -0.2) is 57.8 Å². The van der Waals surface area contributed by atoms with Crippen LogP contribution in [0, 0.1) is 6.92 Å². The largest absolute Gasteiger partial charge is 0.343 e. The van der Waals surface area contributed by atoms with Crippen LogP contribution in [0.25, 0.3) is 0 Å². The normalized spacial score (nSPS) is 14.2. The third-order valence-corrected chi connectivity index (χ3v) is 3.84. The molecule has 0 spiro atoms. The molecular formula is C16H24N4O2. The lowest BCUT2D eigenvalue weighted by Crippen LogP contribution is -2.37. The van der Waals surface area contributed by atoms with Gasteiger partial charge in [-0.2, -0.15) is 0 Å². The minimum absolute atomic E-state index is 0.140. The van der Waals surface area contributed by atoms with E-state index >= 15 is 0 Å². The second kappa shape index (κ2) is 7.87. The highest BCUT2D eigenvalue weighted by Crippen LogP contribution is 2.10. The van der Waals surface area contributed by atoms with Gasteiger partial charge >= 0.3 is 0 Å². The number of rotatable bonds is 6. The lowest BCUT2D eigenvalue weighted by molar-refractivity contribution is -0.130. The molecule has 6 nitrogen and oxygen atoms in total. The summed E-state index contributed by atoms with van der Waals surface area (Å²) in [6.07, 6.45) is 6.49. The van der Waals surface area contributed by atoms with Gasteiger partial charge in [-0.1, -0.05) is 6.92 Å². The van der Waals surface area contributed by atoms with Crippen molar-refractivity contribution in [2.45, 2.75) is 39.5 Å². The van der Waals surface area contributed by atoms with E-state index in [4.69, 9.17) is 0 Å². The maximum absolute atomic E-state index is 12.5. The number of hydrogen-bond donors (Lipinski definition) is 0. The van der Waals surface area contributed by atoms with Gasteiger partial charge in [-0.05, 0) is 26.2 Å². The average Bonchev–Trinajstić information content (AvgIpc) is 3.05. The van der Waals surface area contributed by atoms with E-state index in [0.717, 1.165) is 38.0 Å². The maximum atomic E-state index is 12.5. The second-order valence-electron chi connectivity index (χ2n) is 5.67. The van der Waals surface area contributed by atoms with Crippen LogP contribution in [0.4, 0.5) is 0 Å². The molecule has 0 saturated carbocycles. The summed E-state index contributed by atoms with van der Waals surface area (Å²) < 4.78 is 0. The van der Waals surface area contributed by atoms with E-state index in [1.165, 1.54) is 6.20 Å². The number of amides is 2. The Hall–Kier alpha value is -1.98. The van der Waals surface area contributed by atoms with E-state index in [9.17, 15) is 9.59 Å². The highest BCUT2D eigenvalue weighted by atomic mass is 16.2. The minimum atomic E-state index is -0.149. The van der Waals surface area contributed by atoms with E-state index in [1.54, 1.807) is 11.1 Å². The monoisotopic (exact) mass is 304 g/mol. The Bertz CT molecular complexity index is 509. The van der Waals surface area contributed by atoms with E-state index in [1.807, 2.05) is 18.7 Å². The van der Waals surface area contributed by atoms with Crippen molar-refractivity contribution in [1.29, 1.82) is 0 Å². The zero-order valence-corrected chi connectivity index (χ0v) is 13.4. The molecule has 120 valence electrons. The molecule has 1 aromatic rings. The van der Waals surface area contributed by atoms with Gasteiger partial charge in [0.15, 0.2) is 0 Å². The van der Waals surface area contributed by atoms with Crippen LogP contribution in [0.1, 0.15) is 48.8 Å². The molecule has 2 heterocycles. The maximum Gasteiger partial charge on any atom is 0.274 e. The van der Waals surface area contributed by atoms with Gasteiger partial charge in [0.1, 0.15) is 5.69 Å². The topological polar surface area (TPSA) is 66.4 Å². The summed E-state index contributed by atoms with van der Waals surface area (Å²) in [5, 5.41) is 0. The first-order valence-corrected chi connectivity index (χ1v) is 7.97. The standard InChI is InChI=1S/C16H24N4O2/c1-3-7-20(10-6-15(21)19-8-4-5-9-19)16(22)14-12-17-13(2)11-18-14/h11-12H,3-10H2,1-2H3. The molecule has 0 N–H and O–H groups in total. The second-order valence-corrected chi connectivity index (χ2v) is 5.67. The number of likely N-dealkylation sites (tertiary alicyclic amines) is 1. The number of nitrogens with zero attached hydrogens (tertiary/aromatic N) is 4. The van der Waals surface area contributed by atoms with Crippen molar-refractivity contribution in [2.24, 2.45) is 0 Å². The van der Waals surface area contributed by atoms with Crippen LogP contribution in [-0.2, 0) is 4.79 Å². The van der Waals surface area contributed by atoms with Crippen LogP contribution in [0.2, 0.25) is 0 Å². The Kier molecular flexibility index (Phi) is 5.86. The van der Waals surface area contributed by atoms with Gasteiger partial charge in [-0.15, -0.1) is 0 Å². The fourth-order valence-electron chi connectivity index (χ4n) is 2.61. The number of carbonyl (C=O) groups is 2. The third kappa shape index (κ3) is 4.26. The van der Waals surface area contributed by atoms with Gasteiger partial charge in [0, 0.05) is 38.8 Å².